The van der Waals surface area contributed by atoms with Gasteiger partial charge in [0, 0.05) is 6.42 Å². The Bertz CT molecular complexity index is 152. The van der Waals surface area contributed by atoms with Crippen LogP contribution in [0.1, 0.15) is 6.42 Å². The molecule has 0 bridgehead atoms. The molecule has 2 N–H and O–H groups in total. The molecule has 1 unspecified atom stereocenters. The Balaban J connectivity index is 2.44. The third kappa shape index (κ3) is 1.53. The van der Waals surface area contributed by atoms with Gasteiger partial charge in [-0.15, -0.1) is 5.10 Å². The molecule has 4 heteroatoms. The number of hydrogen-bond acceptors (Lipinski definition) is 3. The van der Waals surface area contributed by atoms with Crippen LogP contribution in [-0.4, -0.2) is 23.4 Å². The average molecular weight is 145 g/mol. The second kappa shape index (κ2) is 2.98. The molecule has 3 nitrogen and oxygen atoms in total. The van der Waals surface area contributed by atoms with Crippen molar-refractivity contribution in [1.82, 2.24) is 0 Å². The highest BCUT2D eigenvalue weighted by atomic mass is 32.2. The Kier molecular flexibility index (Phi) is 2.24. The van der Waals surface area contributed by atoms with E-state index in [-0.39, 0.29) is 10.9 Å². The van der Waals surface area contributed by atoms with Gasteiger partial charge in [-0.3, -0.25) is 0 Å². The van der Waals surface area contributed by atoms with Crippen molar-refractivity contribution in [3.63, 3.8) is 0 Å². The summed E-state index contributed by atoms with van der Waals surface area (Å²) in [6, 6.07) is 0. The van der Waals surface area contributed by atoms with Gasteiger partial charge in [-0.2, -0.15) is 16.0 Å². The van der Waals surface area contributed by atoms with E-state index in [1.165, 1.54) is 5.04 Å². The Labute approximate surface area is 57.4 Å². The zero-order valence-corrected chi connectivity index (χ0v) is 6.30. The van der Waals surface area contributed by atoms with Gasteiger partial charge in [-0.25, -0.2) is 0 Å². The fraction of sp³-hybridized carbons (Fsp3) is 0.600. The lowest BCUT2D eigenvalue weighted by Gasteiger charge is -2.04. The van der Waals surface area contributed by atoms with Gasteiger partial charge < -0.3 is 5.73 Å². The van der Waals surface area contributed by atoms with Crippen molar-refractivity contribution in [3.05, 3.63) is 0 Å². The van der Waals surface area contributed by atoms with E-state index in [4.69, 9.17) is 5.73 Å². The maximum absolute atomic E-state index is 5.34. The smallest absolute Gasteiger partial charge is 0.0822 e. The summed E-state index contributed by atoms with van der Waals surface area (Å²) in [5.41, 5.74) is 7.25. The van der Waals surface area contributed by atoms with Crippen LogP contribution in [0.5, 0.6) is 0 Å². The Hall–Kier alpha value is -0.350. The fourth-order valence-electron chi connectivity index (χ4n) is 0.663. The van der Waals surface area contributed by atoms with E-state index in [1.54, 1.807) is 0 Å². The molecule has 1 heterocycles. The summed E-state index contributed by atoms with van der Waals surface area (Å²) in [4.78, 5) is 0. The van der Waals surface area contributed by atoms with Crippen LogP contribution >= 0.6 is 10.9 Å². The van der Waals surface area contributed by atoms with Crippen molar-refractivity contribution in [3.8, 4) is 0 Å². The predicted octanol–water partition coefficient (Wildman–Crippen LogP) is 0.322. The minimum Gasteiger partial charge on any atom is -0.330 e. The molecule has 0 aromatic carbocycles. The van der Waals surface area contributed by atoms with Crippen LogP contribution in [0, 0.1) is 0 Å². The normalized spacial score (nSPS) is 28.7. The highest BCUT2D eigenvalue weighted by Crippen LogP contribution is 2.24. The minimum atomic E-state index is -0.156. The largest absolute Gasteiger partial charge is 0.330 e. The summed E-state index contributed by atoms with van der Waals surface area (Å²) in [5.74, 6) is 0. The van der Waals surface area contributed by atoms with Crippen LogP contribution < -0.4 is 5.73 Å². The number of rotatable bonds is 2. The van der Waals surface area contributed by atoms with E-state index in [9.17, 15) is 0 Å². The summed E-state index contributed by atoms with van der Waals surface area (Å²) >= 11 is 0. The van der Waals surface area contributed by atoms with E-state index in [0.29, 0.717) is 6.54 Å². The molecule has 0 aromatic rings. The summed E-state index contributed by atoms with van der Waals surface area (Å²) in [6.07, 6.45) is 3.04. The molecule has 1 rings (SSSR count). The molecule has 1 aliphatic heterocycles. The van der Waals surface area contributed by atoms with Crippen molar-refractivity contribution in [2.75, 3.05) is 12.8 Å². The monoisotopic (exact) mass is 145 g/mol. The minimum absolute atomic E-state index is 0.156. The fourth-order valence-corrected chi connectivity index (χ4v) is 1.68. The first-order valence-electron chi connectivity index (χ1n) is 2.87. The van der Waals surface area contributed by atoms with Crippen LogP contribution in [0.4, 0.5) is 0 Å². The van der Waals surface area contributed by atoms with Crippen LogP contribution in [0.2, 0.25) is 0 Å². The molecule has 1 aliphatic rings. The van der Waals surface area contributed by atoms with E-state index in [0.717, 1.165) is 6.42 Å². The third-order valence-electron chi connectivity index (χ3n) is 1.17. The van der Waals surface area contributed by atoms with Gasteiger partial charge in [-0.05, 0) is 12.8 Å². The molecular weight excluding hydrogens is 134 g/mol. The molecule has 0 radical (unpaired) electrons. The van der Waals surface area contributed by atoms with Crippen molar-refractivity contribution >= 4 is 21.5 Å². The lowest BCUT2D eigenvalue weighted by molar-refractivity contribution is 1.04. The number of nitrogens with zero attached hydrogens (tertiary/aromatic N) is 2. The van der Waals surface area contributed by atoms with Crippen LogP contribution in [0.15, 0.2) is 10.2 Å². The molecule has 0 aliphatic carbocycles. The van der Waals surface area contributed by atoms with Gasteiger partial charge in [0.05, 0.1) is 10.6 Å². The lowest BCUT2D eigenvalue weighted by Crippen LogP contribution is -2.06. The van der Waals surface area contributed by atoms with Crippen LogP contribution in [0.3, 0.4) is 0 Å². The van der Waals surface area contributed by atoms with Gasteiger partial charge in [-0.1, -0.05) is 0 Å². The number of nitrogens with two attached hydrogens (primary N) is 1. The van der Waals surface area contributed by atoms with Crippen molar-refractivity contribution in [2.45, 2.75) is 6.42 Å². The first kappa shape index (κ1) is 6.77. The molecule has 0 spiro atoms. The highest BCUT2D eigenvalue weighted by molar-refractivity contribution is 8.39. The van der Waals surface area contributed by atoms with Crippen molar-refractivity contribution < 1.29 is 0 Å². The van der Waals surface area contributed by atoms with Gasteiger partial charge in [0.25, 0.3) is 0 Å². The van der Waals surface area contributed by atoms with E-state index < -0.39 is 0 Å². The van der Waals surface area contributed by atoms with Gasteiger partial charge in [0.1, 0.15) is 0 Å². The Morgan fingerprint density at radius 3 is 3.00 bits per heavy atom. The number of thiol groups is 1. The standard InChI is InChI=1S/C5H11N3S/c1-9-4-7-8-5(9)2-3-6/h4,9H,2-3,6H2,1H3. The SMILES string of the molecule is C[SH]1C=NN=C1CCN. The third-order valence-corrected chi connectivity index (χ3v) is 2.75. The topological polar surface area (TPSA) is 50.7 Å². The second-order valence-corrected chi connectivity index (χ2v) is 3.87. The Morgan fingerprint density at radius 2 is 2.56 bits per heavy atom. The molecule has 52 valence electrons. The van der Waals surface area contributed by atoms with Gasteiger partial charge in [0.15, 0.2) is 0 Å². The number of hydrogen-bond donors (Lipinski definition) is 2. The molecule has 0 fully saturated rings. The van der Waals surface area contributed by atoms with E-state index >= 15 is 0 Å². The zero-order chi connectivity index (χ0) is 6.69. The predicted molar refractivity (Wildman–Crippen MR) is 44.5 cm³/mol. The maximum Gasteiger partial charge on any atom is 0.0822 e. The molecule has 0 amide bonds. The van der Waals surface area contributed by atoms with Crippen molar-refractivity contribution in [1.29, 1.82) is 0 Å². The van der Waals surface area contributed by atoms with Gasteiger partial charge >= 0.3 is 0 Å². The van der Waals surface area contributed by atoms with Gasteiger partial charge in [0.2, 0.25) is 0 Å². The average Bonchev–Trinajstić information content (AvgIpc) is 2.18. The van der Waals surface area contributed by atoms with Crippen LogP contribution in [0.25, 0.3) is 0 Å². The first-order chi connectivity index (χ1) is 4.34. The lowest BCUT2D eigenvalue weighted by atomic mass is 10.5. The highest BCUT2D eigenvalue weighted by Gasteiger charge is 2.06. The quantitative estimate of drug-likeness (QED) is 0.540. The molecule has 1 atom stereocenters. The zero-order valence-electron chi connectivity index (χ0n) is 5.41. The summed E-state index contributed by atoms with van der Waals surface area (Å²) in [6.45, 7) is 0.689. The van der Waals surface area contributed by atoms with E-state index in [1.807, 2.05) is 5.55 Å². The molecule has 0 saturated heterocycles. The Morgan fingerprint density at radius 1 is 1.78 bits per heavy atom. The van der Waals surface area contributed by atoms with Crippen molar-refractivity contribution in [2.24, 2.45) is 15.9 Å². The molecular formula is C5H11N3S. The first-order valence-corrected chi connectivity index (χ1v) is 4.73. The van der Waals surface area contributed by atoms with E-state index in [2.05, 4.69) is 16.5 Å². The summed E-state index contributed by atoms with van der Waals surface area (Å²) < 4.78 is 0. The maximum atomic E-state index is 5.34. The molecule has 0 aromatic heterocycles. The molecule has 0 saturated carbocycles. The summed E-state index contributed by atoms with van der Waals surface area (Å²) in [5, 5.41) is 8.92. The molecule has 9 heavy (non-hydrogen) atoms. The summed E-state index contributed by atoms with van der Waals surface area (Å²) in [7, 11) is -0.156. The van der Waals surface area contributed by atoms with Crippen LogP contribution in [-0.2, 0) is 0 Å². The second-order valence-electron chi connectivity index (χ2n) is 1.90.